The van der Waals surface area contributed by atoms with Crippen LogP contribution in [0.1, 0.15) is 32.1 Å². The molecule has 0 spiro atoms. The topological polar surface area (TPSA) is 102 Å². The number of aliphatic carboxylic acids is 1. The van der Waals surface area contributed by atoms with Gasteiger partial charge in [-0.3, -0.25) is 9.59 Å². The standard InChI is InChI=1S/C24H30O7/c25-21-16-22(26)20(19(21)10-6-1-2-7-11-23(27)28)12-13-24(30-14-15-31-24)17-29-18-8-4-3-5-9-18/h1,3-6,8-9,12-13,19-20,22,26H,2,7,10-11,14-17H2,(H,27,28)/b6-1-,13-12+/t19-,20-,22-/m1/s1. The Hall–Kier alpha value is -2.48. The number of rotatable bonds is 11. The summed E-state index contributed by atoms with van der Waals surface area (Å²) in [5, 5.41) is 19.1. The highest BCUT2D eigenvalue weighted by Gasteiger charge is 2.41. The molecule has 1 aromatic carbocycles. The van der Waals surface area contributed by atoms with E-state index < -0.39 is 17.9 Å². The number of aliphatic hydroxyl groups excluding tert-OH is 1. The van der Waals surface area contributed by atoms with Crippen molar-refractivity contribution in [3.8, 4) is 5.75 Å². The van der Waals surface area contributed by atoms with Crippen molar-refractivity contribution in [2.45, 2.75) is 44.0 Å². The number of Topliss-reactive ketones (excluding diaryl/α,β-unsaturated/α-hetero) is 1. The Morgan fingerprint density at radius 1 is 1.19 bits per heavy atom. The van der Waals surface area contributed by atoms with E-state index in [9.17, 15) is 14.7 Å². The van der Waals surface area contributed by atoms with Crippen LogP contribution >= 0.6 is 0 Å². The largest absolute Gasteiger partial charge is 0.488 e. The van der Waals surface area contributed by atoms with Gasteiger partial charge < -0.3 is 24.4 Å². The maximum absolute atomic E-state index is 12.4. The number of carbonyl (C=O) groups excluding carboxylic acids is 1. The number of aliphatic hydroxyl groups is 1. The van der Waals surface area contributed by atoms with Crippen molar-refractivity contribution in [1.29, 1.82) is 0 Å². The maximum atomic E-state index is 12.4. The highest BCUT2D eigenvalue weighted by Crippen LogP contribution is 2.34. The Labute approximate surface area is 182 Å². The molecule has 3 atom stereocenters. The molecule has 2 aliphatic rings. The van der Waals surface area contributed by atoms with Crippen LogP contribution in [0.5, 0.6) is 5.75 Å². The predicted molar refractivity (Wildman–Crippen MR) is 114 cm³/mol. The number of ether oxygens (including phenoxy) is 3. The average molecular weight is 430 g/mol. The lowest BCUT2D eigenvalue weighted by Gasteiger charge is -2.25. The summed E-state index contributed by atoms with van der Waals surface area (Å²) in [6, 6.07) is 9.38. The smallest absolute Gasteiger partial charge is 0.303 e. The third kappa shape index (κ3) is 6.75. The molecule has 168 valence electrons. The van der Waals surface area contributed by atoms with Gasteiger partial charge in [0.05, 0.1) is 19.3 Å². The van der Waals surface area contributed by atoms with Crippen molar-refractivity contribution in [2.75, 3.05) is 19.8 Å². The number of hydrogen-bond acceptors (Lipinski definition) is 6. The number of unbranched alkanes of at least 4 members (excludes halogenated alkanes) is 1. The molecule has 0 unspecified atom stereocenters. The van der Waals surface area contributed by atoms with E-state index in [0.29, 0.717) is 38.2 Å². The first-order valence-electron chi connectivity index (χ1n) is 10.7. The van der Waals surface area contributed by atoms with Crippen LogP contribution in [0.3, 0.4) is 0 Å². The summed E-state index contributed by atoms with van der Waals surface area (Å²) in [5.74, 6) is -1.78. The first kappa shape index (κ1) is 23.2. The molecule has 1 aromatic rings. The van der Waals surface area contributed by atoms with Gasteiger partial charge in [-0.15, -0.1) is 0 Å². The monoisotopic (exact) mass is 430 g/mol. The molecule has 0 aromatic heterocycles. The third-order valence-electron chi connectivity index (χ3n) is 5.58. The molecule has 2 N–H and O–H groups in total. The van der Waals surface area contributed by atoms with E-state index in [1.54, 1.807) is 6.08 Å². The zero-order valence-electron chi connectivity index (χ0n) is 17.5. The zero-order chi connectivity index (χ0) is 22.1. The van der Waals surface area contributed by atoms with Gasteiger partial charge in [-0.25, -0.2) is 0 Å². The first-order chi connectivity index (χ1) is 15.0. The van der Waals surface area contributed by atoms with Crippen molar-refractivity contribution in [3.05, 3.63) is 54.6 Å². The van der Waals surface area contributed by atoms with Crippen molar-refractivity contribution < 1.29 is 34.0 Å². The molecule has 31 heavy (non-hydrogen) atoms. The third-order valence-corrected chi connectivity index (χ3v) is 5.58. The molecule has 2 fully saturated rings. The van der Waals surface area contributed by atoms with Crippen LogP contribution in [0.4, 0.5) is 0 Å². The first-order valence-corrected chi connectivity index (χ1v) is 10.7. The fraction of sp³-hybridized carbons (Fsp3) is 0.500. The van der Waals surface area contributed by atoms with Crippen LogP contribution in [-0.4, -0.2) is 53.7 Å². The summed E-state index contributed by atoms with van der Waals surface area (Å²) in [6.45, 7) is 1.05. The summed E-state index contributed by atoms with van der Waals surface area (Å²) in [5.41, 5.74) is 0. The van der Waals surface area contributed by atoms with Gasteiger partial charge in [0.25, 0.3) is 0 Å². The average Bonchev–Trinajstić information content (AvgIpc) is 3.32. The maximum Gasteiger partial charge on any atom is 0.303 e. The molecule has 3 rings (SSSR count). The fourth-order valence-electron chi connectivity index (χ4n) is 3.92. The van der Waals surface area contributed by atoms with E-state index in [1.165, 1.54) is 0 Å². The van der Waals surface area contributed by atoms with Gasteiger partial charge in [0.15, 0.2) is 0 Å². The Morgan fingerprint density at radius 3 is 2.65 bits per heavy atom. The minimum atomic E-state index is -1.04. The number of hydrogen-bond donors (Lipinski definition) is 2. The fourth-order valence-corrected chi connectivity index (χ4v) is 3.92. The molecule has 7 heteroatoms. The lowest BCUT2D eigenvalue weighted by Crippen LogP contribution is -2.35. The Morgan fingerprint density at radius 2 is 1.94 bits per heavy atom. The van der Waals surface area contributed by atoms with Gasteiger partial charge in [-0.05, 0) is 37.5 Å². The van der Waals surface area contributed by atoms with E-state index in [4.69, 9.17) is 19.3 Å². The molecule has 1 aliphatic heterocycles. The van der Waals surface area contributed by atoms with E-state index in [-0.39, 0.29) is 37.1 Å². The number of benzene rings is 1. The summed E-state index contributed by atoms with van der Waals surface area (Å²) < 4.78 is 17.4. The van der Waals surface area contributed by atoms with Crippen LogP contribution in [0.15, 0.2) is 54.6 Å². The summed E-state index contributed by atoms with van der Waals surface area (Å²) in [4.78, 5) is 23.0. The number of carboxylic acid groups (broad SMARTS) is 1. The molecule has 0 bridgehead atoms. The van der Waals surface area contributed by atoms with Gasteiger partial charge in [0.2, 0.25) is 5.79 Å². The highest BCUT2D eigenvalue weighted by atomic mass is 16.8. The van der Waals surface area contributed by atoms with Gasteiger partial charge in [-0.2, -0.15) is 0 Å². The summed E-state index contributed by atoms with van der Waals surface area (Å²) >= 11 is 0. The Balaban J connectivity index is 1.60. The number of ketones is 1. The molecule has 0 radical (unpaired) electrons. The van der Waals surface area contributed by atoms with Crippen molar-refractivity contribution >= 4 is 11.8 Å². The minimum Gasteiger partial charge on any atom is -0.488 e. The van der Waals surface area contributed by atoms with E-state index >= 15 is 0 Å². The summed E-state index contributed by atoms with van der Waals surface area (Å²) in [6.07, 6.45) is 8.62. The summed E-state index contributed by atoms with van der Waals surface area (Å²) in [7, 11) is 0. The SMILES string of the molecule is O=C(O)CCC/C=C\C[C@H]1C(=O)C[C@@H](O)[C@@H]1/C=C/C1(COc2ccccc2)OCCO1. The van der Waals surface area contributed by atoms with Gasteiger partial charge >= 0.3 is 5.97 Å². The van der Waals surface area contributed by atoms with E-state index in [1.807, 2.05) is 48.6 Å². The van der Waals surface area contributed by atoms with Crippen LogP contribution < -0.4 is 4.74 Å². The van der Waals surface area contributed by atoms with Crippen LogP contribution in [0, 0.1) is 11.8 Å². The van der Waals surface area contributed by atoms with Crippen LogP contribution in [0.2, 0.25) is 0 Å². The van der Waals surface area contributed by atoms with Gasteiger partial charge in [0, 0.05) is 24.7 Å². The molecular weight excluding hydrogens is 400 g/mol. The quantitative estimate of drug-likeness (QED) is 0.411. The molecule has 1 heterocycles. The number of carbonyl (C=O) groups is 2. The molecule has 1 saturated heterocycles. The molecule has 7 nitrogen and oxygen atoms in total. The normalized spacial score (nSPS) is 25.6. The number of carboxylic acids is 1. The predicted octanol–water partition coefficient (Wildman–Crippen LogP) is 3.13. The second-order valence-corrected chi connectivity index (χ2v) is 7.88. The number of para-hydroxylation sites is 1. The number of allylic oxidation sites excluding steroid dienone is 2. The molecule has 0 amide bonds. The zero-order valence-corrected chi connectivity index (χ0v) is 17.5. The minimum absolute atomic E-state index is 0.0279. The van der Waals surface area contributed by atoms with Crippen molar-refractivity contribution in [2.24, 2.45) is 11.8 Å². The molecule has 1 saturated carbocycles. The molecule has 1 aliphatic carbocycles. The highest BCUT2D eigenvalue weighted by molar-refractivity contribution is 5.84. The Kier molecular flexibility index (Phi) is 8.40. The van der Waals surface area contributed by atoms with E-state index in [0.717, 1.165) is 0 Å². The van der Waals surface area contributed by atoms with E-state index in [2.05, 4.69) is 0 Å². The van der Waals surface area contributed by atoms with Gasteiger partial charge in [0.1, 0.15) is 18.1 Å². The second-order valence-electron chi connectivity index (χ2n) is 7.88. The van der Waals surface area contributed by atoms with Crippen LogP contribution in [0.25, 0.3) is 0 Å². The van der Waals surface area contributed by atoms with Crippen molar-refractivity contribution in [3.63, 3.8) is 0 Å². The van der Waals surface area contributed by atoms with Gasteiger partial charge in [-0.1, -0.05) is 36.4 Å². The van der Waals surface area contributed by atoms with Crippen molar-refractivity contribution in [1.82, 2.24) is 0 Å². The lowest BCUT2D eigenvalue weighted by molar-refractivity contribution is -0.139. The molecular formula is C24H30O7. The van der Waals surface area contributed by atoms with Crippen LogP contribution in [-0.2, 0) is 19.1 Å². The Bertz CT molecular complexity index is 780. The lowest BCUT2D eigenvalue weighted by atomic mass is 9.90. The second kappa shape index (κ2) is 11.2.